The molecule has 0 saturated carbocycles. The van der Waals surface area contributed by atoms with E-state index in [2.05, 4.69) is 104 Å². The van der Waals surface area contributed by atoms with Crippen LogP contribution in [-0.4, -0.2) is 87.5 Å². The zero-order valence-electron chi connectivity index (χ0n) is 48.7. The second-order valence-corrected chi connectivity index (χ2v) is 21.5. The molecule has 1 heterocycles. The first-order chi connectivity index (χ1) is 37.3. The number of aliphatic hydroxyl groups excluding tert-OH is 5. The molecule has 0 aromatic rings. The van der Waals surface area contributed by atoms with Gasteiger partial charge >= 0.3 is 0 Å². The van der Waals surface area contributed by atoms with Crippen LogP contribution in [0.15, 0.2) is 97.2 Å². The molecule has 7 atom stereocenters. The standard InChI is InChI=1S/C67H117NO8/c1-3-5-7-9-11-13-15-17-19-21-23-25-27-29-30-31-33-34-36-38-40-42-44-46-48-50-52-54-56-61(70)60(59-75-67-66(74)65(73)64(72)62(58-69)76-67)68-63(71)57-55-53-51-49-47-45-43-41-39-37-35-32-28-26-24-22-20-18-16-14-12-10-8-6-4-2/h6,8,12,14,18,20,24,26,32,35,39,41,45,47,54,56,60-62,64-67,69-70,72-74H,3-5,7,9-11,13,15-17,19,21-23,25,27-31,33-34,36-38,40,42-44,46,48-53,55,57-59H2,1-2H3,(H,68,71)/b8-6-,14-12-,20-18-,26-24-,35-32-,41-39-,47-45-,56-54+. The van der Waals surface area contributed by atoms with Gasteiger partial charge in [-0.2, -0.15) is 0 Å². The number of aliphatic hydroxyl groups is 5. The predicted molar refractivity (Wildman–Crippen MR) is 322 cm³/mol. The average Bonchev–Trinajstić information content (AvgIpc) is 3.42. The summed E-state index contributed by atoms with van der Waals surface area (Å²) in [5.41, 5.74) is 0. The van der Waals surface area contributed by atoms with Crippen molar-refractivity contribution in [2.75, 3.05) is 13.2 Å². The number of unbranched alkanes of at least 4 members (excludes halogenated alkanes) is 29. The normalized spacial score (nSPS) is 19.5. The maximum atomic E-state index is 13.1. The van der Waals surface area contributed by atoms with Crippen molar-refractivity contribution in [1.29, 1.82) is 0 Å². The molecular formula is C67H117NO8. The summed E-state index contributed by atoms with van der Waals surface area (Å²) in [5.74, 6) is -0.210. The van der Waals surface area contributed by atoms with Gasteiger partial charge in [-0.05, 0) is 77.0 Å². The first kappa shape index (κ1) is 71.1. The minimum Gasteiger partial charge on any atom is -0.394 e. The van der Waals surface area contributed by atoms with E-state index < -0.39 is 49.5 Å². The van der Waals surface area contributed by atoms with Gasteiger partial charge < -0.3 is 40.3 Å². The highest BCUT2D eigenvalue weighted by atomic mass is 16.7. The summed E-state index contributed by atoms with van der Waals surface area (Å²) >= 11 is 0. The first-order valence-electron chi connectivity index (χ1n) is 31.5. The van der Waals surface area contributed by atoms with E-state index in [-0.39, 0.29) is 12.5 Å². The molecule has 0 radical (unpaired) electrons. The summed E-state index contributed by atoms with van der Waals surface area (Å²) in [6, 6.07) is -0.831. The van der Waals surface area contributed by atoms with Gasteiger partial charge in [0.1, 0.15) is 24.4 Å². The number of rotatable bonds is 53. The van der Waals surface area contributed by atoms with Crippen LogP contribution in [0.4, 0.5) is 0 Å². The van der Waals surface area contributed by atoms with Crippen molar-refractivity contribution in [3.63, 3.8) is 0 Å². The molecule has 1 aliphatic heterocycles. The molecule has 1 saturated heterocycles. The first-order valence-corrected chi connectivity index (χ1v) is 31.5. The highest BCUT2D eigenvalue weighted by Gasteiger charge is 2.44. The lowest BCUT2D eigenvalue weighted by Crippen LogP contribution is -2.60. The van der Waals surface area contributed by atoms with Crippen LogP contribution >= 0.6 is 0 Å². The molecule has 0 spiro atoms. The Labute approximate surface area is 466 Å². The second-order valence-electron chi connectivity index (χ2n) is 21.5. The Balaban J connectivity index is 2.23. The van der Waals surface area contributed by atoms with E-state index in [1.165, 1.54) is 154 Å². The van der Waals surface area contributed by atoms with E-state index in [4.69, 9.17) is 9.47 Å². The van der Waals surface area contributed by atoms with E-state index >= 15 is 0 Å². The van der Waals surface area contributed by atoms with Crippen molar-refractivity contribution in [3.8, 4) is 0 Å². The van der Waals surface area contributed by atoms with Gasteiger partial charge in [0.2, 0.25) is 5.91 Å². The van der Waals surface area contributed by atoms with Gasteiger partial charge in [0.15, 0.2) is 6.29 Å². The number of allylic oxidation sites excluding steroid dienone is 15. The van der Waals surface area contributed by atoms with Crippen LogP contribution in [0.25, 0.3) is 0 Å². The predicted octanol–water partition coefficient (Wildman–Crippen LogP) is 16.4. The van der Waals surface area contributed by atoms with Gasteiger partial charge in [-0.3, -0.25) is 4.79 Å². The summed E-state index contributed by atoms with van der Waals surface area (Å²) < 4.78 is 11.3. The van der Waals surface area contributed by atoms with Crippen molar-refractivity contribution in [3.05, 3.63) is 97.2 Å². The summed E-state index contributed by atoms with van der Waals surface area (Å²) in [6.45, 7) is 3.66. The second kappa shape index (κ2) is 55.4. The van der Waals surface area contributed by atoms with Gasteiger partial charge in [-0.25, -0.2) is 0 Å². The summed E-state index contributed by atoms with van der Waals surface area (Å²) in [6.07, 6.45) is 73.4. The highest BCUT2D eigenvalue weighted by Crippen LogP contribution is 2.23. The average molecular weight is 1060 g/mol. The summed E-state index contributed by atoms with van der Waals surface area (Å²) in [5, 5.41) is 54.6. The number of hydrogen-bond acceptors (Lipinski definition) is 8. The van der Waals surface area contributed by atoms with Crippen LogP contribution in [0, 0.1) is 0 Å². The minimum atomic E-state index is -1.58. The number of carbonyl (C=O) groups excluding carboxylic acids is 1. The third kappa shape index (κ3) is 44.0. The third-order valence-electron chi connectivity index (χ3n) is 14.4. The number of nitrogens with one attached hydrogen (secondary N) is 1. The molecule has 0 aliphatic carbocycles. The quantitative estimate of drug-likeness (QED) is 0.0261. The fourth-order valence-electron chi connectivity index (χ4n) is 9.49. The van der Waals surface area contributed by atoms with Crippen molar-refractivity contribution in [2.45, 2.75) is 307 Å². The maximum Gasteiger partial charge on any atom is 0.220 e. The Hall–Kier alpha value is -2.89. The molecule has 1 amide bonds. The third-order valence-corrected chi connectivity index (χ3v) is 14.4. The van der Waals surface area contributed by atoms with Crippen molar-refractivity contribution in [1.82, 2.24) is 5.32 Å². The topological polar surface area (TPSA) is 149 Å². The molecule has 6 N–H and O–H groups in total. The van der Waals surface area contributed by atoms with E-state index in [1.54, 1.807) is 6.08 Å². The Kier molecular flexibility index (Phi) is 51.9. The number of carbonyl (C=O) groups is 1. The highest BCUT2D eigenvalue weighted by molar-refractivity contribution is 5.76. The molecule has 7 unspecified atom stereocenters. The number of amides is 1. The zero-order valence-corrected chi connectivity index (χ0v) is 48.7. The molecule has 0 bridgehead atoms. The lowest BCUT2D eigenvalue weighted by molar-refractivity contribution is -0.302. The van der Waals surface area contributed by atoms with Crippen LogP contribution < -0.4 is 5.32 Å². The lowest BCUT2D eigenvalue weighted by atomic mass is 9.99. The van der Waals surface area contributed by atoms with Crippen molar-refractivity contribution < 1.29 is 39.8 Å². The SMILES string of the molecule is CC/C=C\C/C=C\C/C=C\C/C=C\C/C=C\C/C=C\C/C=C\CCCCCC(=O)NC(COC1OC(CO)C(O)C(O)C1O)C(O)/C=C/CCCCCCCCCCCCCCCCCCCCCCCCCCCC. The van der Waals surface area contributed by atoms with Crippen LogP contribution in [0.3, 0.4) is 0 Å². The van der Waals surface area contributed by atoms with Gasteiger partial charge in [-0.1, -0.05) is 278 Å². The van der Waals surface area contributed by atoms with E-state index in [1.807, 2.05) is 6.08 Å². The Morgan fingerprint density at radius 1 is 0.461 bits per heavy atom. The van der Waals surface area contributed by atoms with Crippen molar-refractivity contribution in [2.24, 2.45) is 0 Å². The zero-order chi connectivity index (χ0) is 55.0. The number of ether oxygens (including phenoxy) is 2. The van der Waals surface area contributed by atoms with E-state index in [0.29, 0.717) is 12.8 Å². The summed E-state index contributed by atoms with van der Waals surface area (Å²) in [7, 11) is 0. The Morgan fingerprint density at radius 3 is 1.21 bits per heavy atom. The largest absolute Gasteiger partial charge is 0.394 e. The van der Waals surface area contributed by atoms with E-state index in [9.17, 15) is 30.3 Å². The smallest absolute Gasteiger partial charge is 0.220 e. The monoisotopic (exact) mass is 1060 g/mol. The molecule has 0 aromatic carbocycles. The molecule has 9 heteroatoms. The molecule has 9 nitrogen and oxygen atoms in total. The molecule has 0 aromatic heterocycles. The van der Waals surface area contributed by atoms with E-state index in [0.717, 1.165) is 83.5 Å². The van der Waals surface area contributed by atoms with Crippen LogP contribution in [0.2, 0.25) is 0 Å². The minimum absolute atomic E-state index is 0.207. The van der Waals surface area contributed by atoms with Gasteiger partial charge in [-0.15, -0.1) is 0 Å². The summed E-state index contributed by atoms with van der Waals surface area (Å²) in [4.78, 5) is 13.1. The molecule has 1 rings (SSSR count). The molecular weight excluding hydrogens is 947 g/mol. The van der Waals surface area contributed by atoms with Crippen LogP contribution in [-0.2, 0) is 14.3 Å². The molecule has 1 aliphatic rings. The molecule has 1 fully saturated rings. The molecule has 76 heavy (non-hydrogen) atoms. The van der Waals surface area contributed by atoms with Crippen LogP contribution in [0.5, 0.6) is 0 Å². The lowest BCUT2D eigenvalue weighted by Gasteiger charge is -2.40. The molecule has 438 valence electrons. The van der Waals surface area contributed by atoms with Gasteiger partial charge in [0, 0.05) is 6.42 Å². The van der Waals surface area contributed by atoms with Gasteiger partial charge in [0.05, 0.1) is 25.4 Å². The van der Waals surface area contributed by atoms with Gasteiger partial charge in [0.25, 0.3) is 0 Å². The van der Waals surface area contributed by atoms with Crippen LogP contribution in [0.1, 0.15) is 264 Å². The van der Waals surface area contributed by atoms with Crippen molar-refractivity contribution >= 4 is 5.91 Å². The number of hydrogen-bond donors (Lipinski definition) is 6. The maximum absolute atomic E-state index is 13.1. The Morgan fingerprint density at radius 2 is 0.816 bits per heavy atom. The fourth-order valence-corrected chi connectivity index (χ4v) is 9.49. The Bertz CT molecular complexity index is 1510. The fraction of sp³-hybridized carbons (Fsp3) is 0.746.